The molecule has 5 heteroatoms. The molecular formula is C12H9N3OS. The second kappa shape index (κ2) is 3.71. The van der Waals surface area contributed by atoms with Gasteiger partial charge in [0.1, 0.15) is 0 Å². The van der Waals surface area contributed by atoms with Crippen LogP contribution in [0.2, 0.25) is 0 Å². The van der Waals surface area contributed by atoms with E-state index < -0.39 is 0 Å². The van der Waals surface area contributed by atoms with Crippen LogP contribution in [0.15, 0.2) is 29.3 Å². The Morgan fingerprint density at radius 3 is 2.88 bits per heavy atom. The summed E-state index contributed by atoms with van der Waals surface area (Å²) in [5.74, 6) is -0.0298. The molecule has 0 radical (unpaired) electrons. The average Bonchev–Trinajstić information content (AvgIpc) is 2.85. The molecule has 0 spiro atoms. The van der Waals surface area contributed by atoms with E-state index >= 15 is 0 Å². The predicted molar refractivity (Wildman–Crippen MR) is 70.7 cm³/mol. The number of nitrogens with zero attached hydrogens (tertiary/aromatic N) is 2. The molecular weight excluding hydrogens is 234 g/mol. The first kappa shape index (κ1) is 10.0. The zero-order valence-corrected chi connectivity index (χ0v) is 9.61. The van der Waals surface area contributed by atoms with Crippen molar-refractivity contribution in [2.75, 3.05) is 5.73 Å². The minimum absolute atomic E-state index is 0.0298. The summed E-state index contributed by atoms with van der Waals surface area (Å²) in [4.78, 5) is 8.72. The highest BCUT2D eigenvalue weighted by molar-refractivity contribution is 7.16. The lowest BCUT2D eigenvalue weighted by Crippen LogP contribution is -1.79. The molecule has 84 valence electrons. The lowest BCUT2D eigenvalue weighted by atomic mass is 10.1. The number of nitrogens with two attached hydrogens (primary N) is 1. The Balaban J connectivity index is 2.08. The first-order chi connectivity index (χ1) is 8.24. The zero-order chi connectivity index (χ0) is 11.8. The van der Waals surface area contributed by atoms with Crippen molar-refractivity contribution in [2.24, 2.45) is 4.99 Å². The molecule has 3 N–H and O–H groups in total. The van der Waals surface area contributed by atoms with Crippen LogP contribution in [0.5, 0.6) is 5.88 Å². The summed E-state index contributed by atoms with van der Waals surface area (Å²) in [5, 5.41) is 9.93. The Kier molecular flexibility index (Phi) is 2.19. The maximum absolute atomic E-state index is 9.57. The number of aliphatic imine (C=N–C) groups is 1. The molecule has 17 heavy (non-hydrogen) atoms. The molecule has 4 nitrogen and oxygen atoms in total. The van der Waals surface area contributed by atoms with E-state index in [4.69, 9.17) is 5.73 Å². The molecule has 1 aromatic heterocycles. The van der Waals surface area contributed by atoms with Gasteiger partial charge >= 0.3 is 0 Å². The molecule has 1 aromatic carbocycles. The van der Waals surface area contributed by atoms with Crippen molar-refractivity contribution in [3.63, 3.8) is 0 Å². The topological polar surface area (TPSA) is 71.5 Å². The SMILES string of the molecule is Nc1nc(O)c(C=C2C=Nc3ccccc32)s1. The van der Waals surface area contributed by atoms with E-state index in [1.807, 2.05) is 30.3 Å². The van der Waals surface area contributed by atoms with E-state index in [0.29, 0.717) is 10.0 Å². The Morgan fingerprint density at radius 2 is 2.12 bits per heavy atom. The van der Waals surface area contributed by atoms with Gasteiger partial charge in [-0.1, -0.05) is 29.5 Å². The number of aromatic nitrogens is 1. The summed E-state index contributed by atoms with van der Waals surface area (Å²) in [6.45, 7) is 0. The van der Waals surface area contributed by atoms with E-state index in [1.54, 1.807) is 6.21 Å². The normalized spacial score (nSPS) is 15.4. The molecule has 0 unspecified atom stereocenters. The van der Waals surface area contributed by atoms with E-state index in [2.05, 4.69) is 9.98 Å². The van der Waals surface area contributed by atoms with Gasteiger partial charge < -0.3 is 10.8 Å². The summed E-state index contributed by atoms with van der Waals surface area (Å²) in [5.41, 5.74) is 8.49. The average molecular weight is 243 g/mol. The third-order valence-electron chi connectivity index (χ3n) is 2.50. The van der Waals surface area contributed by atoms with Crippen LogP contribution in [0.25, 0.3) is 11.6 Å². The maximum atomic E-state index is 9.57. The Bertz CT molecular complexity index is 643. The summed E-state index contributed by atoms with van der Waals surface area (Å²) in [7, 11) is 0. The fourth-order valence-corrected chi connectivity index (χ4v) is 2.41. The number of allylic oxidation sites excluding steroid dienone is 1. The van der Waals surface area contributed by atoms with Crippen molar-refractivity contribution in [1.82, 2.24) is 4.98 Å². The highest BCUT2D eigenvalue weighted by Crippen LogP contribution is 2.35. The van der Waals surface area contributed by atoms with Crippen molar-refractivity contribution in [1.29, 1.82) is 0 Å². The fraction of sp³-hybridized carbons (Fsp3) is 0. The highest BCUT2D eigenvalue weighted by Gasteiger charge is 2.13. The second-order valence-electron chi connectivity index (χ2n) is 3.61. The second-order valence-corrected chi connectivity index (χ2v) is 4.68. The van der Waals surface area contributed by atoms with Crippen LogP contribution < -0.4 is 5.73 Å². The Labute approximate surface area is 102 Å². The van der Waals surface area contributed by atoms with E-state index in [0.717, 1.165) is 16.8 Å². The van der Waals surface area contributed by atoms with Crippen molar-refractivity contribution in [3.8, 4) is 5.88 Å². The number of hydrogen-bond acceptors (Lipinski definition) is 5. The molecule has 3 rings (SSSR count). The first-order valence-corrected chi connectivity index (χ1v) is 5.86. The third kappa shape index (κ3) is 1.70. The quantitative estimate of drug-likeness (QED) is 0.808. The van der Waals surface area contributed by atoms with Crippen LogP contribution in [0.3, 0.4) is 0 Å². The molecule has 0 amide bonds. The third-order valence-corrected chi connectivity index (χ3v) is 3.32. The molecule has 0 atom stereocenters. The largest absolute Gasteiger partial charge is 0.492 e. The number of hydrogen-bond donors (Lipinski definition) is 2. The van der Waals surface area contributed by atoms with Gasteiger partial charge in [0.15, 0.2) is 5.13 Å². The number of rotatable bonds is 1. The van der Waals surface area contributed by atoms with E-state index in [1.165, 1.54) is 11.3 Å². The number of aromatic hydroxyl groups is 1. The van der Waals surface area contributed by atoms with Crippen molar-refractivity contribution < 1.29 is 5.11 Å². The number of thiazole rings is 1. The van der Waals surface area contributed by atoms with Gasteiger partial charge in [0.2, 0.25) is 5.88 Å². The number of para-hydroxylation sites is 1. The maximum Gasteiger partial charge on any atom is 0.231 e. The van der Waals surface area contributed by atoms with Gasteiger partial charge in [-0.25, -0.2) is 0 Å². The van der Waals surface area contributed by atoms with Gasteiger partial charge in [0.05, 0.1) is 10.6 Å². The molecule has 2 aromatic rings. The molecule has 2 heterocycles. The van der Waals surface area contributed by atoms with Crippen LogP contribution >= 0.6 is 11.3 Å². The molecule has 1 aliphatic heterocycles. The minimum atomic E-state index is -0.0298. The fourth-order valence-electron chi connectivity index (χ4n) is 1.73. The van der Waals surface area contributed by atoms with Crippen LogP contribution in [-0.2, 0) is 0 Å². The van der Waals surface area contributed by atoms with Gasteiger partial charge in [-0.2, -0.15) is 4.98 Å². The van der Waals surface area contributed by atoms with Gasteiger partial charge in [-0.3, -0.25) is 4.99 Å². The number of anilines is 1. The van der Waals surface area contributed by atoms with Crippen molar-refractivity contribution >= 4 is 40.0 Å². The standard InChI is InChI=1S/C12H9N3OS/c13-12-15-11(16)10(17-12)5-7-6-14-9-4-2-1-3-8(7)9/h1-6,16H,(H2,13,15). The van der Waals surface area contributed by atoms with Crippen molar-refractivity contribution in [2.45, 2.75) is 0 Å². The Morgan fingerprint density at radius 1 is 1.29 bits per heavy atom. The summed E-state index contributed by atoms with van der Waals surface area (Å²) in [6, 6.07) is 7.85. The van der Waals surface area contributed by atoms with Crippen LogP contribution in [0.1, 0.15) is 10.4 Å². The monoisotopic (exact) mass is 243 g/mol. The number of benzene rings is 1. The lowest BCUT2D eigenvalue weighted by Gasteiger charge is -1.97. The smallest absolute Gasteiger partial charge is 0.231 e. The van der Waals surface area contributed by atoms with Gasteiger partial charge in [0.25, 0.3) is 0 Å². The van der Waals surface area contributed by atoms with Gasteiger partial charge in [0, 0.05) is 17.4 Å². The lowest BCUT2D eigenvalue weighted by molar-refractivity contribution is 0.457. The van der Waals surface area contributed by atoms with Crippen LogP contribution in [0.4, 0.5) is 10.8 Å². The molecule has 0 saturated carbocycles. The summed E-state index contributed by atoms with van der Waals surface area (Å²) in [6.07, 6.45) is 3.62. The molecule has 0 saturated heterocycles. The van der Waals surface area contributed by atoms with E-state index in [-0.39, 0.29) is 5.88 Å². The van der Waals surface area contributed by atoms with Crippen LogP contribution in [-0.4, -0.2) is 16.3 Å². The molecule has 0 aliphatic carbocycles. The molecule has 0 fully saturated rings. The number of fused-ring (bicyclic) bond motifs is 1. The summed E-state index contributed by atoms with van der Waals surface area (Å²) >= 11 is 1.25. The van der Waals surface area contributed by atoms with E-state index in [9.17, 15) is 5.11 Å². The Hall–Kier alpha value is -2.14. The predicted octanol–water partition coefficient (Wildman–Crippen LogP) is 2.69. The zero-order valence-electron chi connectivity index (χ0n) is 8.79. The molecule has 1 aliphatic rings. The van der Waals surface area contributed by atoms with Gasteiger partial charge in [-0.05, 0) is 12.1 Å². The molecule has 0 bridgehead atoms. The highest BCUT2D eigenvalue weighted by atomic mass is 32.1. The number of nitrogen functional groups attached to an aromatic ring is 1. The van der Waals surface area contributed by atoms with Crippen molar-refractivity contribution in [3.05, 3.63) is 34.7 Å². The first-order valence-electron chi connectivity index (χ1n) is 5.04. The van der Waals surface area contributed by atoms with Gasteiger partial charge in [-0.15, -0.1) is 0 Å². The summed E-state index contributed by atoms with van der Waals surface area (Å²) < 4.78 is 0. The van der Waals surface area contributed by atoms with Crippen LogP contribution in [0, 0.1) is 0 Å². The minimum Gasteiger partial charge on any atom is -0.492 e.